The van der Waals surface area contributed by atoms with Gasteiger partial charge in [0.2, 0.25) is 0 Å². The smallest absolute Gasteiger partial charge is 0.313 e. The highest BCUT2D eigenvalue weighted by Crippen LogP contribution is 2.08. The Morgan fingerprint density at radius 1 is 1.20 bits per heavy atom. The molecule has 0 aliphatic heterocycles. The van der Waals surface area contributed by atoms with Crippen molar-refractivity contribution in [2.45, 2.75) is 13.3 Å². The Morgan fingerprint density at radius 2 is 1.95 bits per heavy atom. The standard InChI is InChI=1S/C13H15N5O2/c1-9-2-4-10(5-3-9)17-13(20)12(19)14-7-6-11-15-8-16-18-11/h2-5,8H,6-7H2,1H3,(H,14,19)(H,17,20)(H,15,16,18). The number of H-pyrrole nitrogens is 1. The van der Waals surface area contributed by atoms with E-state index >= 15 is 0 Å². The number of amides is 2. The van der Waals surface area contributed by atoms with Gasteiger partial charge in [-0.05, 0) is 19.1 Å². The number of carbonyl (C=O) groups excluding carboxylic acids is 2. The second kappa shape index (κ2) is 6.46. The summed E-state index contributed by atoms with van der Waals surface area (Å²) in [5, 5.41) is 11.4. The Balaban J connectivity index is 1.77. The Hall–Kier alpha value is -2.70. The van der Waals surface area contributed by atoms with Gasteiger partial charge in [0, 0.05) is 18.7 Å². The second-order valence-corrected chi connectivity index (χ2v) is 4.26. The number of benzene rings is 1. The predicted molar refractivity (Wildman–Crippen MR) is 72.9 cm³/mol. The molecular formula is C13H15N5O2. The fourth-order valence-electron chi connectivity index (χ4n) is 1.55. The lowest BCUT2D eigenvalue weighted by atomic mass is 10.2. The van der Waals surface area contributed by atoms with Crippen LogP contribution < -0.4 is 10.6 Å². The first-order chi connectivity index (χ1) is 9.65. The van der Waals surface area contributed by atoms with Gasteiger partial charge < -0.3 is 10.6 Å². The fraction of sp³-hybridized carbons (Fsp3) is 0.231. The van der Waals surface area contributed by atoms with Crippen molar-refractivity contribution in [2.24, 2.45) is 0 Å². The highest BCUT2D eigenvalue weighted by atomic mass is 16.2. The lowest BCUT2D eigenvalue weighted by Gasteiger charge is -2.06. The van der Waals surface area contributed by atoms with Crippen LogP contribution in [0.25, 0.3) is 0 Å². The minimum absolute atomic E-state index is 0.315. The molecule has 0 bridgehead atoms. The summed E-state index contributed by atoms with van der Waals surface area (Å²) in [5.41, 5.74) is 1.67. The van der Waals surface area contributed by atoms with Gasteiger partial charge in [0.25, 0.3) is 0 Å². The molecule has 1 heterocycles. The maximum absolute atomic E-state index is 11.6. The molecule has 2 aromatic rings. The Bertz CT molecular complexity index is 577. The Morgan fingerprint density at radius 3 is 2.60 bits per heavy atom. The van der Waals surface area contributed by atoms with Crippen LogP contribution in [0.15, 0.2) is 30.6 Å². The second-order valence-electron chi connectivity index (χ2n) is 4.26. The highest BCUT2D eigenvalue weighted by Gasteiger charge is 2.13. The van der Waals surface area contributed by atoms with Crippen molar-refractivity contribution in [1.82, 2.24) is 20.5 Å². The van der Waals surface area contributed by atoms with E-state index in [1.54, 1.807) is 12.1 Å². The van der Waals surface area contributed by atoms with E-state index < -0.39 is 11.8 Å². The maximum atomic E-state index is 11.6. The summed E-state index contributed by atoms with van der Waals surface area (Å²) < 4.78 is 0. The molecule has 0 atom stereocenters. The zero-order valence-electron chi connectivity index (χ0n) is 11.0. The normalized spacial score (nSPS) is 10.1. The number of nitrogens with one attached hydrogen (secondary N) is 3. The molecule has 0 fully saturated rings. The van der Waals surface area contributed by atoms with Crippen molar-refractivity contribution in [3.8, 4) is 0 Å². The molecule has 20 heavy (non-hydrogen) atoms. The van der Waals surface area contributed by atoms with Gasteiger partial charge in [0.1, 0.15) is 12.2 Å². The lowest BCUT2D eigenvalue weighted by molar-refractivity contribution is -0.136. The number of aromatic nitrogens is 3. The molecule has 0 aliphatic rings. The number of rotatable bonds is 4. The molecule has 3 N–H and O–H groups in total. The number of nitrogens with zero attached hydrogens (tertiary/aromatic N) is 2. The summed E-state index contributed by atoms with van der Waals surface area (Å²) >= 11 is 0. The average Bonchev–Trinajstić information content (AvgIpc) is 2.94. The van der Waals surface area contributed by atoms with Gasteiger partial charge >= 0.3 is 11.8 Å². The SMILES string of the molecule is Cc1ccc(NC(=O)C(=O)NCCc2ncn[nH]2)cc1. The molecule has 7 heteroatoms. The van der Waals surface area contributed by atoms with E-state index in [0.717, 1.165) is 5.56 Å². The minimum Gasteiger partial charge on any atom is -0.347 e. The van der Waals surface area contributed by atoms with E-state index in [1.807, 2.05) is 19.1 Å². The minimum atomic E-state index is -0.688. The van der Waals surface area contributed by atoms with E-state index in [1.165, 1.54) is 6.33 Å². The Labute approximate surface area is 115 Å². The first-order valence-electron chi connectivity index (χ1n) is 6.15. The van der Waals surface area contributed by atoms with E-state index in [-0.39, 0.29) is 0 Å². The van der Waals surface area contributed by atoms with Crippen molar-refractivity contribution in [3.63, 3.8) is 0 Å². The molecule has 0 radical (unpaired) electrons. The van der Waals surface area contributed by atoms with Crippen LogP contribution in [-0.2, 0) is 16.0 Å². The first kappa shape index (κ1) is 13.7. The van der Waals surface area contributed by atoms with E-state index in [0.29, 0.717) is 24.5 Å². The number of carbonyl (C=O) groups is 2. The quantitative estimate of drug-likeness (QED) is 0.702. The van der Waals surface area contributed by atoms with Gasteiger partial charge in [0.05, 0.1) is 0 Å². The predicted octanol–water partition coefficient (Wildman–Crippen LogP) is 0.411. The van der Waals surface area contributed by atoms with Crippen LogP contribution in [0.3, 0.4) is 0 Å². The molecule has 7 nitrogen and oxygen atoms in total. The van der Waals surface area contributed by atoms with Crippen molar-refractivity contribution < 1.29 is 9.59 Å². The zero-order valence-corrected chi connectivity index (χ0v) is 11.0. The number of hydrogen-bond acceptors (Lipinski definition) is 4. The summed E-state index contributed by atoms with van der Waals surface area (Å²) in [6.45, 7) is 2.26. The largest absolute Gasteiger partial charge is 0.347 e. The molecule has 0 saturated carbocycles. The number of aryl methyl sites for hydroxylation is 1. The first-order valence-corrected chi connectivity index (χ1v) is 6.15. The molecule has 1 aromatic carbocycles. The van der Waals surface area contributed by atoms with Gasteiger partial charge in [-0.1, -0.05) is 17.7 Å². The monoisotopic (exact) mass is 273 g/mol. The zero-order chi connectivity index (χ0) is 14.4. The van der Waals surface area contributed by atoms with Gasteiger partial charge in [-0.25, -0.2) is 4.98 Å². The Kier molecular flexibility index (Phi) is 4.43. The van der Waals surface area contributed by atoms with Crippen molar-refractivity contribution >= 4 is 17.5 Å². The molecule has 0 unspecified atom stereocenters. The van der Waals surface area contributed by atoms with Gasteiger partial charge in [0.15, 0.2) is 0 Å². The summed E-state index contributed by atoms with van der Waals surface area (Å²) in [5.74, 6) is -0.708. The lowest BCUT2D eigenvalue weighted by Crippen LogP contribution is -2.36. The average molecular weight is 273 g/mol. The molecule has 2 amide bonds. The maximum Gasteiger partial charge on any atom is 0.313 e. The number of aromatic amines is 1. The van der Waals surface area contributed by atoms with E-state index in [4.69, 9.17) is 0 Å². The molecule has 0 aliphatic carbocycles. The van der Waals surface area contributed by atoms with E-state index in [2.05, 4.69) is 25.8 Å². The summed E-state index contributed by atoms with van der Waals surface area (Å²) in [6, 6.07) is 7.21. The van der Waals surface area contributed by atoms with Gasteiger partial charge in [-0.2, -0.15) is 5.10 Å². The fourth-order valence-corrected chi connectivity index (χ4v) is 1.55. The van der Waals surface area contributed by atoms with E-state index in [9.17, 15) is 9.59 Å². The molecule has 1 aromatic heterocycles. The summed E-state index contributed by atoms with van der Waals surface area (Å²) in [4.78, 5) is 27.1. The van der Waals surface area contributed by atoms with Crippen molar-refractivity contribution in [1.29, 1.82) is 0 Å². The van der Waals surface area contributed by atoms with Crippen LogP contribution in [0.5, 0.6) is 0 Å². The summed E-state index contributed by atoms with van der Waals surface area (Å²) in [7, 11) is 0. The molecule has 0 saturated heterocycles. The van der Waals surface area contributed by atoms with Gasteiger partial charge in [-0.3, -0.25) is 14.7 Å². The molecule has 0 spiro atoms. The third kappa shape index (κ3) is 3.91. The highest BCUT2D eigenvalue weighted by molar-refractivity contribution is 6.39. The van der Waals surface area contributed by atoms with Crippen LogP contribution in [0.1, 0.15) is 11.4 Å². The topological polar surface area (TPSA) is 99.8 Å². The van der Waals surface area contributed by atoms with Crippen LogP contribution in [-0.4, -0.2) is 33.5 Å². The number of hydrogen-bond donors (Lipinski definition) is 3. The molecule has 2 rings (SSSR count). The van der Waals surface area contributed by atoms with Crippen LogP contribution in [0.2, 0.25) is 0 Å². The van der Waals surface area contributed by atoms with Crippen molar-refractivity contribution in [2.75, 3.05) is 11.9 Å². The van der Waals surface area contributed by atoms with Crippen LogP contribution in [0, 0.1) is 6.92 Å². The molecule has 104 valence electrons. The van der Waals surface area contributed by atoms with Gasteiger partial charge in [-0.15, -0.1) is 0 Å². The number of anilines is 1. The summed E-state index contributed by atoms with van der Waals surface area (Å²) in [6.07, 6.45) is 1.88. The third-order valence-corrected chi connectivity index (χ3v) is 2.63. The van der Waals surface area contributed by atoms with Crippen LogP contribution in [0.4, 0.5) is 5.69 Å². The third-order valence-electron chi connectivity index (χ3n) is 2.63. The molecular weight excluding hydrogens is 258 g/mol. The van der Waals surface area contributed by atoms with Crippen molar-refractivity contribution in [3.05, 3.63) is 42.0 Å². The van der Waals surface area contributed by atoms with Crippen LogP contribution >= 0.6 is 0 Å².